The molecule has 1 heterocycles. The van der Waals surface area contributed by atoms with E-state index in [1.165, 1.54) is 6.08 Å². The summed E-state index contributed by atoms with van der Waals surface area (Å²) in [4.78, 5) is 34.0. The van der Waals surface area contributed by atoms with Crippen molar-refractivity contribution in [2.75, 3.05) is 13.3 Å². The molecule has 0 spiro atoms. The molecular formula is C10H13NO6. The van der Waals surface area contributed by atoms with E-state index in [4.69, 9.17) is 9.84 Å². The molecule has 0 bridgehead atoms. The third-order valence-electron chi connectivity index (χ3n) is 2.22. The van der Waals surface area contributed by atoms with Crippen molar-refractivity contribution in [3.8, 4) is 0 Å². The average Bonchev–Trinajstić information content (AvgIpc) is 2.65. The van der Waals surface area contributed by atoms with Crippen molar-refractivity contribution < 1.29 is 29.0 Å². The number of cyclic esters (lactones) is 1. The van der Waals surface area contributed by atoms with E-state index in [1.807, 2.05) is 0 Å². The molecule has 1 fully saturated rings. The summed E-state index contributed by atoms with van der Waals surface area (Å²) in [6.45, 7) is 3.18. The summed E-state index contributed by atoms with van der Waals surface area (Å²) in [5, 5.41) is 8.77. The first-order chi connectivity index (χ1) is 8.06. The standard InChI is InChI=1S/C10H13NO6/c1-2-5-16-8(12)4-3-7-9(13)17-6-11(7)10(14)15/h2,7H,1,3-6H2,(H,14,15)/t7-/m0/s1. The van der Waals surface area contributed by atoms with Gasteiger partial charge >= 0.3 is 18.0 Å². The number of rotatable bonds is 5. The van der Waals surface area contributed by atoms with E-state index in [0.29, 0.717) is 0 Å². The minimum Gasteiger partial charge on any atom is -0.465 e. The molecule has 0 unspecified atom stereocenters. The Morgan fingerprint density at radius 2 is 2.35 bits per heavy atom. The summed E-state index contributed by atoms with van der Waals surface area (Å²) in [5.41, 5.74) is 0. The second kappa shape index (κ2) is 5.88. The fourth-order valence-electron chi connectivity index (χ4n) is 1.39. The lowest BCUT2D eigenvalue weighted by molar-refractivity contribution is -0.143. The van der Waals surface area contributed by atoms with Crippen LogP contribution in [0.1, 0.15) is 12.8 Å². The summed E-state index contributed by atoms with van der Waals surface area (Å²) < 4.78 is 9.30. The van der Waals surface area contributed by atoms with Crippen LogP contribution < -0.4 is 0 Å². The number of amides is 1. The Labute approximate surface area is 97.6 Å². The first kappa shape index (κ1) is 13.0. The maximum absolute atomic E-state index is 11.2. The Bertz CT molecular complexity index is 340. The third-order valence-corrected chi connectivity index (χ3v) is 2.22. The maximum Gasteiger partial charge on any atom is 0.410 e. The molecule has 0 aromatic heterocycles. The number of carboxylic acid groups (broad SMARTS) is 1. The third kappa shape index (κ3) is 3.47. The van der Waals surface area contributed by atoms with E-state index >= 15 is 0 Å². The predicted octanol–water partition coefficient (Wildman–Crippen LogP) is 0.359. The van der Waals surface area contributed by atoms with Gasteiger partial charge in [-0.3, -0.25) is 9.69 Å². The second-order valence-electron chi connectivity index (χ2n) is 3.37. The lowest BCUT2D eigenvalue weighted by Crippen LogP contribution is -2.37. The number of carbonyl (C=O) groups excluding carboxylic acids is 2. The monoisotopic (exact) mass is 243 g/mol. The van der Waals surface area contributed by atoms with Crippen LogP contribution in [0.15, 0.2) is 12.7 Å². The SMILES string of the molecule is C=CCOC(=O)CC[C@H]1C(=O)OCN1C(=O)O. The van der Waals surface area contributed by atoms with Crippen molar-refractivity contribution in [1.82, 2.24) is 4.90 Å². The summed E-state index contributed by atoms with van der Waals surface area (Å²) in [6.07, 6.45) is 0.185. The molecule has 0 aromatic rings. The first-order valence-corrected chi connectivity index (χ1v) is 4.99. The molecule has 1 saturated heterocycles. The molecule has 94 valence electrons. The molecule has 1 atom stereocenters. The van der Waals surface area contributed by atoms with Crippen LogP contribution in [0.25, 0.3) is 0 Å². The topological polar surface area (TPSA) is 93.1 Å². The van der Waals surface area contributed by atoms with E-state index in [-0.39, 0.29) is 26.2 Å². The molecule has 1 aliphatic heterocycles. The molecule has 0 saturated carbocycles. The Morgan fingerprint density at radius 3 is 2.94 bits per heavy atom. The van der Waals surface area contributed by atoms with Crippen LogP contribution in [0.2, 0.25) is 0 Å². The van der Waals surface area contributed by atoms with Gasteiger partial charge in [0.15, 0.2) is 6.73 Å². The van der Waals surface area contributed by atoms with Gasteiger partial charge in [0.25, 0.3) is 0 Å². The zero-order valence-corrected chi connectivity index (χ0v) is 9.13. The number of carbonyl (C=O) groups is 3. The number of ether oxygens (including phenoxy) is 2. The highest BCUT2D eigenvalue weighted by Gasteiger charge is 2.37. The Hall–Kier alpha value is -2.05. The molecule has 0 aliphatic carbocycles. The van der Waals surface area contributed by atoms with Crippen LogP contribution in [0.4, 0.5) is 4.79 Å². The number of hydrogen-bond donors (Lipinski definition) is 1. The van der Waals surface area contributed by atoms with Gasteiger partial charge < -0.3 is 14.6 Å². The number of esters is 2. The smallest absolute Gasteiger partial charge is 0.410 e. The van der Waals surface area contributed by atoms with Gasteiger partial charge in [0.1, 0.15) is 12.6 Å². The summed E-state index contributed by atoms with van der Waals surface area (Å²) >= 11 is 0. The number of nitrogens with zero attached hydrogens (tertiary/aromatic N) is 1. The quantitative estimate of drug-likeness (QED) is 0.553. The van der Waals surface area contributed by atoms with Crippen LogP contribution in [0.3, 0.4) is 0 Å². The minimum absolute atomic E-state index is 0.0443. The van der Waals surface area contributed by atoms with Gasteiger partial charge in [-0.15, -0.1) is 0 Å². The lowest BCUT2D eigenvalue weighted by atomic mass is 10.1. The van der Waals surface area contributed by atoms with Crippen molar-refractivity contribution in [2.24, 2.45) is 0 Å². The normalized spacial score (nSPS) is 18.7. The van der Waals surface area contributed by atoms with Gasteiger partial charge in [0, 0.05) is 6.42 Å². The fourth-order valence-corrected chi connectivity index (χ4v) is 1.39. The van der Waals surface area contributed by atoms with Crippen LogP contribution in [0, 0.1) is 0 Å². The summed E-state index contributed by atoms with van der Waals surface area (Å²) in [6, 6.07) is -0.927. The highest BCUT2D eigenvalue weighted by atomic mass is 16.6. The van der Waals surface area contributed by atoms with Crippen molar-refractivity contribution in [1.29, 1.82) is 0 Å². The molecule has 1 amide bonds. The van der Waals surface area contributed by atoms with Crippen molar-refractivity contribution in [3.05, 3.63) is 12.7 Å². The highest BCUT2D eigenvalue weighted by Crippen LogP contribution is 2.16. The van der Waals surface area contributed by atoms with E-state index in [9.17, 15) is 14.4 Å². The Kier molecular flexibility index (Phi) is 4.50. The molecule has 1 N–H and O–H groups in total. The van der Waals surface area contributed by atoms with Crippen molar-refractivity contribution >= 4 is 18.0 Å². The summed E-state index contributed by atoms with van der Waals surface area (Å²) in [5.74, 6) is -1.14. The highest BCUT2D eigenvalue weighted by molar-refractivity contribution is 5.83. The lowest BCUT2D eigenvalue weighted by Gasteiger charge is -2.15. The molecule has 1 aliphatic rings. The Balaban J connectivity index is 2.43. The van der Waals surface area contributed by atoms with E-state index in [1.54, 1.807) is 0 Å². The first-order valence-electron chi connectivity index (χ1n) is 4.99. The maximum atomic E-state index is 11.2. The molecule has 17 heavy (non-hydrogen) atoms. The van der Waals surface area contributed by atoms with Crippen LogP contribution in [0.5, 0.6) is 0 Å². The average molecular weight is 243 g/mol. The number of hydrogen-bond acceptors (Lipinski definition) is 5. The van der Waals surface area contributed by atoms with Gasteiger partial charge in [-0.05, 0) is 6.42 Å². The predicted molar refractivity (Wildman–Crippen MR) is 55.0 cm³/mol. The molecule has 0 aromatic carbocycles. The zero-order chi connectivity index (χ0) is 12.8. The van der Waals surface area contributed by atoms with Crippen LogP contribution >= 0.6 is 0 Å². The minimum atomic E-state index is -1.25. The second-order valence-corrected chi connectivity index (χ2v) is 3.37. The summed E-state index contributed by atoms with van der Waals surface area (Å²) in [7, 11) is 0. The van der Waals surface area contributed by atoms with Gasteiger partial charge in [-0.1, -0.05) is 12.7 Å². The van der Waals surface area contributed by atoms with Crippen molar-refractivity contribution in [2.45, 2.75) is 18.9 Å². The van der Waals surface area contributed by atoms with Crippen LogP contribution in [-0.4, -0.2) is 47.4 Å². The van der Waals surface area contributed by atoms with Gasteiger partial charge in [-0.2, -0.15) is 0 Å². The van der Waals surface area contributed by atoms with E-state index in [2.05, 4.69) is 11.3 Å². The van der Waals surface area contributed by atoms with Gasteiger partial charge in [0.2, 0.25) is 0 Å². The van der Waals surface area contributed by atoms with Gasteiger partial charge in [0.05, 0.1) is 0 Å². The van der Waals surface area contributed by atoms with E-state index in [0.717, 1.165) is 4.90 Å². The molecular weight excluding hydrogens is 230 g/mol. The largest absolute Gasteiger partial charge is 0.465 e. The van der Waals surface area contributed by atoms with Crippen molar-refractivity contribution in [3.63, 3.8) is 0 Å². The molecule has 7 heteroatoms. The van der Waals surface area contributed by atoms with Crippen LogP contribution in [-0.2, 0) is 19.1 Å². The van der Waals surface area contributed by atoms with E-state index < -0.39 is 24.1 Å². The molecule has 1 rings (SSSR count). The fraction of sp³-hybridized carbons (Fsp3) is 0.500. The molecule has 7 nitrogen and oxygen atoms in total. The van der Waals surface area contributed by atoms with Gasteiger partial charge in [-0.25, -0.2) is 9.59 Å². The molecule has 0 radical (unpaired) electrons. The Morgan fingerprint density at radius 1 is 1.65 bits per heavy atom. The zero-order valence-electron chi connectivity index (χ0n) is 9.13.